The molecule has 132 valence electrons. The number of amides is 3. The second kappa shape index (κ2) is 8.33. The zero-order chi connectivity index (χ0) is 18.3. The van der Waals surface area contributed by atoms with E-state index in [1.807, 2.05) is 27.7 Å². The molecule has 7 nitrogen and oxygen atoms in total. The molecule has 24 heavy (non-hydrogen) atoms. The topological polar surface area (TPSA) is 108 Å². The van der Waals surface area contributed by atoms with Crippen molar-refractivity contribution in [2.24, 2.45) is 5.41 Å². The summed E-state index contributed by atoms with van der Waals surface area (Å²) in [5, 5.41) is 16.7. The van der Waals surface area contributed by atoms with E-state index in [1.54, 1.807) is 18.2 Å². The van der Waals surface area contributed by atoms with Gasteiger partial charge in [0.15, 0.2) is 0 Å². The summed E-state index contributed by atoms with van der Waals surface area (Å²) in [5.41, 5.74) is 1.52. The maximum Gasteiger partial charge on any atom is 0.319 e. The van der Waals surface area contributed by atoms with Crippen LogP contribution in [0.4, 0.5) is 16.2 Å². The van der Waals surface area contributed by atoms with Crippen LogP contribution in [-0.2, 0) is 9.59 Å². The van der Waals surface area contributed by atoms with Crippen LogP contribution in [0.25, 0.3) is 0 Å². The minimum absolute atomic E-state index is 0.00757. The Bertz CT molecular complexity index is 621. The monoisotopic (exact) mass is 335 g/mol. The second-order valence-electron chi connectivity index (χ2n) is 6.61. The van der Waals surface area contributed by atoms with Crippen molar-refractivity contribution < 1.29 is 19.5 Å². The molecule has 0 aliphatic rings. The van der Waals surface area contributed by atoms with E-state index in [9.17, 15) is 14.4 Å². The van der Waals surface area contributed by atoms with Crippen molar-refractivity contribution in [3.63, 3.8) is 0 Å². The third-order valence-corrected chi connectivity index (χ3v) is 3.28. The highest BCUT2D eigenvalue weighted by atomic mass is 16.4. The van der Waals surface area contributed by atoms with Gasteiger partial charge in [-0.15, -0.1) is 0 Å². The number of hydrogen-bond donors (Lipinski definition) is 4. The number of carboxylic acids is 1. The fourth-order valence-electron chi connectivity index (χ4n) is 1.76. The molecule has 3 amide bonds. The van der Waals surface area contributed by atoms with E-state index in [0.29, 0.717) is 17.8 Å². The summed E-state index contributed by atoms with van der Waals surface area (Å²) in [7, 11) is 0. The minimum Gasteiger partial charge on any atom is -0.481 e. The van der Waals surface area contributed by atoms with Crippen molar-refractivity contribution in [2.75, 3.05) is 17.2 Å². The van der Waals surface area contributed by atoms with Crippen LogP contribution in [0, 0.1) is 12.3 Å². The number of hydrogen-bond acceptors (Lipinski definition) is 3. The molecule has 1 aromatic carbocycles. The first-order valence-corrected chi connectivity index (χ1v) is 7.78. The molecule has 0 saturated carbocycles. The summed E-state index contributed by atoms with van der Waals surface area (Å²) in [6, 6.07) is 4.85. The number of carbonyl (C=O) groups excluding carboxylic acids is 2. The molecular weight excluding hydrogens is 310 g/mol. The lowest BCUT2D eigenvalue weighted by Gasteiger charge is -2.18. The molecular formula is C17H25N3O4. The van der Waals surface area contributed by atoms with Gasteiger partial charge in [-0.25, -0.2) is 4.79 Å². The van der Waals surface area contributed by atoms with Gasteiger partial charge in [-0.3, -0.25) is 9.59 Å². The molecule has 0 heterocycles. The van der Waals surface area contributed by atoms with Gasteiger partial charge in [-0.1, -0.05) is 26.8 Å². The predicted molar refractivity (Wildman–Crippen MR) is 93.2 cm³/mol. The van der Waals surface area contributed by atoms with Gasteiger partial charge >= 0.3 is 12.0 Å². The van der Waals surface area contributed by atoms with E-state index in [-0.39, 0.29) is 18.9 Å². The van der Waals surface area contributed by atoms with Gasteiger partial charge in [-0.05, 0) is 31.0 Å². The summed E-state index contributed by atoms with van der Waals surface area (Å²) in [6.07, 6.45) is 0.372. The maximum absolute atomic E-state index is 12.0. The Morgan fingerprint density at radius 1 is 1.12 bits per heavy atom. The largest absolute Gasteiger partial charge is 0.481 e. The standard InChI is InChI=1S/C17H25N3O4/c1-11-7-8-12(19-15(23)17(2,3)4)10-13(11)20-16(24)18-9-5-6-14(21)22/h7-8,10H,5-6,9H2,1-4H3,(H,19,23)(H,21,22)(H2,18,20,24). The third kappa shape index (κ3) is 6.68. The number of aryl methyl sites for hydroxylation is 1. The smallest absolute Gasteiger partial charge is 0.319 e. The molecule has 0 aliphatic carbocycles. The molecule has 0 saturated heterocycles. The normalized spacial score (nSPS) is 10.8. The number of carbonyl (C=O) groups is 3. The molecule has 0 radical (unpaired) electrons. The number of benzene rings is 1. The highest BCUT2D eigenvalue weighted by Gasteiger charge is 2.21. The highest BCUT2D eigenvalue weighted by molar-refractivity contribution is 5.96. The number of carboxylic acid groups (broad SMARTS) is 1. The van der Waals surface area contributed by atoms with Gasteiger partial charge in [0, 0.05) is 29.8 Å². The Labute approximate surface area is 141 Å². The Hall–Kier alpha value is -2.57. The lowest BCUT2D eigenvalue weighted by Crippen LogP contribution is -2.30. The molecule has 1 rings (SSSR count). The van der Waals surface area contributed by atoms with Crippen molar-refractivity contribution in [1.82, 2.24) is 5.32 Å². The molecule has 0 aromatic heterocycles. The summed E-state index contributed by atoms with van der Waals surface area (Å²) in [6.45, 7) is 7.58. The summed E-state index contributed by atoms with van der Waals surface area (Å²) >= 11 is 0. The van der Waals surface area contributed by atoms with E-state index in [2.05, 4.69) is 16.0 Å². The van der Waals surface area contributed by atoms with Gasteiger partial charge in [0.05, 0.1) is 0 Å². The van der Waals surface area contributed by atoms with Crippen molar-refractivity contribution in [3.05, 3.63) is 23.8 Å². The molecule has 4 N–H and O–H groups in total. The highest BCUT2D eigenvalue weighted by Crippen LogP contribution is 2.22. The fraction of sp³-hybridized carbons (Fsp3) is 0.471. The molecule has 7 heteroatoms. The second-order valence-corrected chi connectivity index (χ2v) is 6.61. The minimum atomic E-state index is -0.893. The van der Waals surface area contributed by atoms with Gasteiger partial charge in [0.1, 0.15) is 0 Å². The Kier molecular flexibility index (Phi) is 6.76. The summed E-state index contributed by atoms with van der Waals surface area (Å²) in [4.78, 5) is 34.3. The lowest BCUT2D eigenvalue weighted by atomic mass is 9.95. The van der Waals surface area contributed by atoms with Gasteiger partial charge < -0.3 is 21.1 Å². The number of anilines is 2. The first-order chi connectivity index (χ1) is 11.1. The third-order valence-electron chi connectivity index (χ3n) is 3.28. The predicted octanol–water partition coefficient (Wildman–Crippen LogP) is 2.97. The SMILES string of the molecule is Cc1ccc(NC(=O)C(C)(C)C)cc1NC(=O)NCCCC(=O)O. The number of rotatable bonds is 6. The summed E-state index contributed by atoms with van der Waals surface area (Å²) < 4.78 is 0. The Morgan fingerprint density at radius 2 is 1.79 bits per heavy atom. The van der Waals surface area contributed by atoms with E-state index in [4.69, 9.17) is 5.11 Å². The average Bonchev–Trinajstić information content (AvgIpc) is 2.46. The van der Waals surface area contributed by atoms with Crippen LogP contribution in [0.15, 0.2) is 18.2 Å². The summed E-state index contributed by atoms with van der Waals surface area (Å²) in [5.74, 6) is -1.01. The first kappa shape index (κ1) is 19.5. The van der Waals surface area contributed by atoms with Gasteiger partial charge in [0.2, 0.25) is 5.91 Å². The molecule has 0 unspecified atom stereocenters. The van der Waals surface area contributed by atoms with Crippen LogP contribution < -0.4 is 16.0 Å². The number of urea groups is 1. The molecule has 0 fully saturated rings. The Balaban J connectivity index is 2.64. The average molecular weight is 335 g/mol. The van der Waals surface area contributed by atoms with Gasteiger partial charge in [0.25, 0.3) is 0 Å². The van der Waals surface area contributed by atoms with E-state index >= 15 is 0 Å². The fourth-order valence-corrected chi connectivity index (χ4v) is 1.76. The van der Waals surface area contributed by atoms with E-state index in [0.717, 1.165) is 5.56 Å². The molecule has 0 bridgehead atoms. The quantitative estimate of drug-likeness (QED) is 0.599. The van der Waals surface area contributed by atoms with Crippen LogP contribution >= 0.6 is 0 Å². The van der Waals surface area contributed by atoms with Crippen LogP contribution in [0.1, 0.15) is 39.2 Å². The number of aliphatic carboxylic acids is 1. The van der Waals surface area contributed by atoms with Crippen molar-refractivity contribution in [2.45, 2.75) is 40.5 Å². The van der Waals surface area contributed by atoms with Crippen molar-refractivity contribution >= 4 is 29.3 Å². The number of nitrogens with one attached hydrogen (secondary N) is 3. The molecule has 1 aromatic rings. The lowest BCUT2D eigenvalue weighted by molar-refractivity contribution is -0.137. The molecule has 0 spiro atoms. The van der Waals surface area contributed by atoms with E-state index < -0.39 is 17.4 Å². The first-order valence-electron chi connectivity index (χ1n) is 7.78. The van der Waals surface area contributed by atoms with Crippen LogP contribution in [0.2, 0.25) is 0 Å². The Morgan fingerprint density at radius 3 is 2.38 bits per heavy atom. The molecule has 0 aliphatic heterocycles. The van der Waals surface area contributed by atoms with Crippen LogP contribution in [0.3, 0.4) is 0 Å². The zero-order valence-electron chi connectivity index (χ0n) is 14.5. The van der Waals surface area contributed by atoms with Crippen LogP contribution in [0.5, 0.6) is 0 Å². The van der Waals surface area contributed by atoms with Crippen LogP contribution in [-0.4, -0.2) is 29.6 Å². The van der Waals surface area contributed by atoms with Gasteiger partial charge in [-0.2, -0.15) is 0 Å². The molecule has 0 atom stereocenters. The van der Waals surface area contributed by atoms with Crippen molar-refractivity contribution in [1.29, 1.82) is 0 Å². The zero-order valence-corrected chi connectivity index (χ0v) is 14.5. The van der Waals surface area contributed by atoms with E-state index in [1.165, 1.54) is 0 Å². The van der Waals surface area contributed by atoms with Crippen molar-refractivity contribution in [3.8, 4) is 0 Å². The maximum atomic E-state index is 12.0.